The Morgan fingerprint density at radius 2 is 1.82 bits per heavy atom. The molecule has 0 aliphatic carbocycles. The second kappa shape index (κ2) is 13.1. The molecule has 13 nitrogen and oxygen atoms in total. The third-order valence-electron chi connectivity index (χ3n) is 5.47. The number of carbonyl (C=O) groups excluding carboxylic acids is 4. The van der Waals surface area contributed by atoms with Crippen molar-refractivity contribution in [3.8, 4) is 0 Å². The normalized spacial score (nSPS) is 21.9. The molecule has 1 aliphatic heterocycles. The molecule has 0 radical (unpaired) electrons. The van der Waals surface area contributed by atoms with Crippen molar-refractivity contribution in [3.63, 3.8) is 0 Å². The lowest BCUT2D eigenvalue weighted by molar-refractivity contribution is -0.148. The minimum atomic E-state index is -1.45. The van der Waals surface area contributed by atoms with Crippen LogP contribution in [-0.2, 0) is 28.7 Å². The molecule has 1 heterocycles. The number of rotatable bonds is 12. The van der Waals surface area contributed by atoms with Gasteiger partial charge in [0.25, 0.3) is 0 Å². The van der Waals surface area contributed by atoms with Gasteiger partial charge in [0, 0.05) is 20.1 Å². The summed E-state index contributed by atoms with van der Waals surface area (Å²) in [6.45, 7) is 3.14. The summed E-state index contributed by atoms with van der Waals surface area (Å²) >= 11 is 0. The maximum absolute atomic E-state index is 13.2. The van der Waals surface area contributed by atoms with E-state index in [0.717, 1.165) is 0 Å². The van der Waals surface area contributed by atoms with Gasteiger partial charge >= 0.3 is 5.97 Å². The second-order valence-corrected chi connectivity index (χ2v) is 8.20. The van der Waals surface area contributed by atoms with Crippen LogP contribution in [0, 0.1) is 0 Å². The van der Waals surface area contributed by atoms with Crippen molar-refractivity contribution >= 4 is 29.6 Å². The summed E-state index contributed by atoms with van der Waals surface area (Å²) in [6.07, 6.45) is -0.939. The fraction of sp³-hybridized carbons (Fsp3) is 0.750. The zero-order valence-electron chi connectivity index (χ0n) is 19.2. The molecular weight excluding hydrogens is 438 g/mol. The van der Waals surface area contributed by atoms with Crippen LogP contribution in [0.5, 0.6) is 0 Å². The first-order valence-corrected chi connectivity index (χ1v) is 10.8. The van der Waals surface area contributed by atoms with Crippen LogP contribution in [0.3, 0.4) is 0 Å². The Kier molecular flexibility index (Phi) is 11.2. The van der Waals surface area contributed by atoms with E-state index in [4.69, 9.17) is 21.3 Å². The van der Waals surface area contributed by atoms with Gasteiger partial charge in [0.15, 0.2) is 0 Å². The number of hydrogen-bond donors (Lipinski definition) is 6. The average Bonchev–Trinajstić information content (AvgIpc) is 2.73. The molecule has 0 aromatic heterocycles. The highest BCUT2D eigenvalue weighted by Gasteiger charge is 2.39. The minimum absolute atomic E-state index is 0.132. The molecule has 0 saturated carbocycles. The van der Waals surface area contributed by atoms with Gasteiger partial charge in [-0.15, -0.1) is 0 Å². The van der Waals surface area contributed by atoms with Crippen molar-refractivity contribution in [2.24, 2.45) is 11.5 Å². The van der Waals surface area contributed by atoms with Gasteiger partial charge in [0.1, 0.15) is 12.1 Å². The van der Waals surface area contributed by atoms with Gasteiger partial charge in [-0.2, -0.15) is 0 Å². The Hall–Kier alpha value is -2.77. The van der Waals surface area contributed by atoms with Crippen molar-refractivity contribution in [1.82, 2.24) is 15.5 Å². The van der Waals surface area contributed by atoms with E-state index in [-0.39, 0.29) is 12.8 Å². The highest BCUT2D eigenvalue weighted by Crippen LogP contribution is 2.25. The maximum atomic E-state index is 13.2. The number of piperidine rings is 1. The summed E-state index contributed by atoms with van der Waals surface area (Å²) in [4.78, 5) is 61.3. The number of amides is 4. The predicted octanol–water partition coefficient (Wildman–Crippen LogP) is -2.57. The molecule has 6 atom stereocenters. The number of likely N-dealkylation sites (tertiary alicyclic amines) is 1. The highest BCUT2D eigenvalue weighted by molar-refractivity contribution is 5.90. The number of nitrogens with two attached hydrogens (primary N) is 2. The number of carboxylic acids is 1. The Labute approximate surface area is 192 Å². The van der Waals surface area contributed by atoms with Gasteiger partial charge in [-0.3, -0.25) is 19.2 Å². The molecule has 0 bridgehead atoms. The van der Waals surface area contributed by atoms with Gasteiger partial charge in [-0.05, 0) is 33.1 Å². The van der Waals surface area contributed by atoms with Crippen LogP contribution in [-0.4, -0.2) is 94.7 Å². The van der Waals surface area contributed by atoms with E-state index in [1.54, 1.807) is 0 Å². The number of aliphatic hydroxyl groups is 1. The van der Waals surface area contributed by atoms with E-state index < -0.39 is 72.4 Å². The van der Waals surface area contributed by atoms with Crippen LogP contribution < -0.4 is 22.1 Å². The fourth-order valence-corrected chi connectivity index (χ4v) is 3.71. The molecule has 1 rings (SSSR count). The third kappa shape index (κ3) is 8.59. The Balaban J connectivity index is 2.96. The zero-order valence-corrected chi connectivity index (χ0v) is 19.2. The van der Waals surface area contributed by atoms with Gasteiger partial charge in [0.2, 0.25) is 23.6 Å². The maximum Gasteiger partial charge on any atom is 0.326 e. The van der Waals surface area contributed by atoms with Crippen LogP contribution in [0.4, 0.5) is 0 Å². The summed E-state index contributed by atoms with van der Waals surface area (Å²) < 4.78 is 5.50. The topological polar surface area (TPSA) is 214 Å². The molecule has 13 heteroatoms. The molecule has 8 N–H and O–H groups in total. The van der Waals surface area contributed by atoms with Gasteiger partial charge in [-0.25, -0.2) is 4.79 Å². The average molecular weight is 474 g/mol. The highest BCUT2D eigenvalue weighted by atomic mass is 16.5. The number of nitrogens with zero attached hydrogens (tertiary/aromatic N) is 1. The molecule has 0 aromatic carbocycles. The summed E-state index contributed by atoms with van der Waals surface area (Å²) in [5.74, 6) is -4.03. The SMILES string of the molecule is CO[C@H]1CCCN(C(=O)[C@@H](NC(=O)[C@H](C)N)[C@H](C)O)[C@H]1CCC(=O)N[C@@H](CC(N)=O)C(=O)O. The number of carboxylic acid groups (broad SMARTS) is 1. The molecule has 188 valence electrons. The Bertz CT molecular complexity index is 729. The van der Waals surface area contributed by atoms with E-state index in [0.29, 0.717) is 19.4 Å². The molecule has 0 spiro atoms. The molecular formula is C20H35N5O8. The van der Waals surface area contributed by atoms with E-state index in [9.17, 15) is 29.1 Å². The first-order valence-electron chi connectivity index (χ1n) is 10.8. The lowest BCUT2D eigenvalue weighted by atomic mass is 9.93. The number of methoxy groups -OCH3 is 1. The van der Waals surface area contributed by atoms with E-state index in [2.05, 4.69) is 10.6 Å². The van der Waals surface area contributed by atoms with Crippen molar-refractivity contribution in [2.45, 2.75) is 82.3 Å². The number of hydrogen-bond acceptors (Lipinski definition) is 8. The number of nitrogens with one attached hydrogen (secondary N) is 2. The van der Waals surface area contributed by atoms with E-state index >= 15 is 0 Å². The smallest absolute Gasteiger partial charge is 0.326 e. The summed E-state index contributed by atoms with van der Waals surface area (Å²) in [5.41, 5.74) is 10.6. The standard InChI is InChI=1S/C20H35N5O8/c1-10(21)18(29)24-17(11(2)26)19(30)25-8-4-5-14(33-3)13(25)6-7-16(28)23-12(20(31)32)9-15(22)27/h10-14,17,26H,4-9,21H2,1-3H3,(H2,22,27)(H,23,28)(H,24,29)(H,31,32)/t10-,11-,12-,13-,14-,17-/m0/s1. The summed E-state index contributed by atoms with van der Waals surface area (Å²) in [6, 6.07) is -4.13. The Morgan fingerprint density at radius 3 is 2.30 bits per heavy atom. The van der Waals surface area contributed by atoms with Gasteiger partial charge in [0.05, 0.1) is 30.7 Å². The minimum Gasteiger partial charge on any atom is -0.480 e. The lowest BCUT2D eigenvalue weighted by Gasteiger charge is -2.42. The van der Waals surface area contributed by atoms with Crippen molar-refractivity contribution in [2.75, 3.05) is 13.7 Å². The summed E-state index contributed by atoms with van der Waals surface area (Å²) in [7, 11) is 1.48. The van der Waals surface area contributed by atoms with E-state index in [1.165, 1.54) is 25.9 Å². The molecule has 0 unspecified atom stereocenters. The first-order chi connectivity index (χ1) is 15.4. The number of primary amides is 1. The quantitative estimate of drug-likeness (QED) is 0.175. The van der Waals surface area contributed by atoms with Crippen LogP contribution in [0.15, 0.2) is 0 Å². The third-order valence-corrected chi connectivity index (χ3v) is 5.47. The van der Waals surface area contributed by atoms with Crippen LogP contribution >= 0.6 is 0 Å². The van der Waals surface area contributed by atoms with Crippen LogP contribution in [0.2, 0.25) is 0 Å². The first kappa shape index (κ1) is 28.3. The number of aliphatic hydroxyl groups excluding tert-OH is 1. The van der Waals surface area contributed by atoms with Gasteiger partial charge < -0.3 is 42.0 Å². The Morgan fingerprint density at radius 1 is 1.18 bits per heavy atom. The lowest BCUT2D eigenvalue weighted by Crippen LogP contribution is -2.61. The van der Waals surface area contributed by atoms with Crippen LogP contribution in [0.25, 0.3) is 0 Å². The van der Waals surface area contributed by atoms with Crippen molar-refractivity contribution in [3.05, 3.63) is 0 Å². The van der Waals surface area contributed by atoms with Crippen LogP contribution in [0.1, 0.15) is 46.0 Å². The molecule has 1 fully saturated rings. The molecule has 1 aliphatic rings. The monoisotopic (exact) mass is 473 g/mol. The molecule has 33 heavy (non-hydrogen) atoms. The predicted molar refractivity (Wildman–Crippen MR) is 115 cm³/mol. The second-order valence-electron chi connectivity index (χ2n) is 8.20. The van der Waals surface area contributed by atoms with E-state index in [1.807, 2.05) is 0 Å². The van der Waals surface area contributed by atoms with Crippen molar-refractivity contribution < 1.29 is 38.9 Å². The molecule has 1 saturated heterocycles. The molecule has 0 aromatic rings. The number of carbonyl (C=O) groups is 5. The summed E-state index contributed by atoms with van der Waals surface area (Å²) in [5, 5.41) is 24.0. The van der Waals surface area contributed by atoms with Crippen molar-refractivity contribution in [1.29, 1.82) is 0 Å². The van der Waals surface area contributed by atoms with Gasteiger partial charge in [-0.1, -0.05) is 0 Å². The molecule has 4 amide bonds. The zero-order chi connectivity index (χ0) is 25.3. The largest absolute Gasteiger partial charge is 0.480 e. The number of ether oxygens (including phenoxy) is 1. The number of aliphatic carboxylic acids is 1. The fourth-order valence-electron chi connectivity index (χ4n) is 3.71.